The zero-order chi connectivity index (χ0) is 12.6. The van der Waals surface area contributed by atoms with Crippen LogP contribution in [0.25, 0.3) is 0 Å². The van der Waals surface area contributed by atoms with E-state index in [1.807, 2.05) is 38.0 Å². The van der Waals surface area contributed by atoms with Crippen LogP contribution in [0.2, 0.25) is 0 Å². The highest BCUT2D eigenvalue weighted by molar-refractivity contribution is 7.09. The van der Waals surface area contributed by atoms with Gasteiger partial charge in [-0.05, 0) is 27.7 Å². The summed E-state index contributed by atoms with van der Waals surface area (Å²) in [6, 6.07) is 0. The molecule has 17 heavy (non-hydrogen) atoms. The number of carbonyl (C=O) groups excluding carboxylic acids is 1. The molecule has 0 spiro atoms. The number of nitrogens with zero attached hydrogens (tertiary/aromatic N) is 2. The number of morpholine rings is 1. The summed E-state index contributed by atoms with van der Waals surface area (Å²) in [5.41, 5.74) is 0.274. The summed E-state index contributed by atoms with van der Waals surface area (Å²) in [7, 11) is 0. The van der Waals surface area contributed by atoms with E-state index in [9.17, 15) is 4.79 Å². The van der Waals surface area contributed by atoms with Crippen molar-refractivity contribution in [2.75, 3.05) is 13.1 Å². The summed E-state index contributed by atoms with van der Waals surface area (Å²) in [4.78, 5) is 18.3. The Labute approximate surface area is 106 Å². The predicted octanol–water partition coefficient (Wildman–Crippen LogP) is 2.09. The average molecular weight is 254 g/mol. The van der Waals surface area contributed by atoms with Crippen LogP contribution in [0.5, 0.6) is 0 Å². The van der Waals surface area contributed by atoms with Crippen molar-refractivity contribution in [1.29, 1.82) is 0 Å². The molecule has 1 atom stereocenters. The largest absolute Gasteiger partial charge is 0.369 e. The molecule has 1 aromatic heterocycles. The SMILES string of the molecule is Cc1nc(C(=O)N2CC(C)OC(C)(C)C2)cs1. The number of thiazole rings is 1. The van der Waals surface area contributed by atoms with Crippen LogP contribution in [0.3, 0.4) is 0 Å². The number of ether oxygens (including phenoxy) is 1. The van der Waals surface area contributed by atoms with Gasteiger partial charge in [-0.1, -0.05) is 0 Å². The number of hydrogen-bond donors (Lipinski definition) is 0. The molecule has 1 aromatic rings. The lowest BCUT2D eigenvalue weighted by Gasteiger charge is -2.41. The topological polar surface area (TPSA) is 42.4 Å². The van der Waals surface area contributed by atoms with Crippen LogP contribution < -0.4 is 0 Å². The Bertz CT molecular complexity index is 428. The first-order valence-corrected chi connectivity index (χ1v) is 6.64. The third-order valence-corrected chi connectivity index (χ3v) is 3.47. The Morgan fingerprint density at radius 3 is 2.88 bits per heavy atom. The maximum atomic E-state index is 12.3. The molecular formula is C12H18N2O2S. The second kappa shape index (κ2) is 4.38. The van der Waals surface area contributed by atoms with Crippen LogP contribution >= 0.6 is 11.3 Å². The van der Waals surface area contributed by atoms with E-state index < -0.39 is 0 Å². The van der Waals surface area contributed by atoms with Gasteiger partial charge < -0.3 is 9.64 Å². The van der Waals surface area contributed by atoms with Gasteiger partial charge in [-0.3, -0.25) is 4.79 Å². The van der Waals surface area contributed by atoms with Crippen molar-refractivity contribution in [2.45, 2.75) is 39.4 Å². The van der Waals surface area contributed by atoms with Crippen molar-refractivity contribution in [3.63, 3.8) is 0 Å². The van der Waals surface area contributed by atoms with Gasteiger partial charge in [0.1, 0.15) is 5.69 Å². The van der Waals surface area contributed by atoms with Crippen molar-refractivity contribution in [3.8, 4) is 0 Å². The highest BCUT2D eigenvalue weighted by atomic mass is 32.1. The van der Waals surface area contributed by atoms with Gasteiger partial charge in [-0.25, -0.2) is 4.98 Å². The first kappa shape index (κ1) is 12.5. The highest BCUT2D eigenvalue weighted by Crippen LogP contribution is 2.22. The Hall–Kier alpha value is -0.940. The van der Waals surface area contributed by atoms with Gasteiger partial charge in [-0.2, -0.15) is 0 Å². The molecule has 0 radical (unpaired) electrons. The fraction of sp³-hybridized carbons (Fsp3) is 0.667. The fourth-order valence-electron chi connectivity index (χ4n) is 2.23. The molecule has 1 amide bonds. The minimum absolute atomic E-state index is 0.0116. The molecule has 4 nitrogen and oxygen atoms in total. The lowest BCUT2D eigenvalue weighted by molar-refractivity contribution is -0.118. The molecule has 1 saturated heterocycles. The molecule has 1 aliphatic rings. The predicted molar refractivity (Wildman–Crippen MR) is 67.4 cm³/mol. The second-order valence-corrected chi connectivity index (χ2v) is 6.19. The highest BCUT2D eigenvalue weighted by Gasteiger charge is 2.34. The Morgan fingerprint density at radius 2 is 2.35 bits per heavy atom. The Balaban J connectivity index is 2.14. The van der Waals surface area contributed by atoms with E-state index in [1.165, 1.54) is 11.3 Å². The molecule has 2 rings (SSSR count). The molecule has 0 bridgehead atoms. The van der Waals surface area contributed by atoms with Crippen LogP contribution in [0.4, 0.5) is 0 Å². The molecule has 1 aliphatic heterocycles. The number of aromatic nitrogens is 1. The first-order valence-electron chi connectivity index (χ1n) is 5.76. The maximum Gasteiger partial charge on any atom is 0.273 e. The van der Waals surface area contributed by atoms with Crippen molar-refractivity contribution in [3.05, 3.63) is 16.1 Å². The van der Waals surface area contributed by atoms with E-state index in [4.69, 9.17) is 4.74 Å². The molecule has 2 heterocycles. The van der Waals surface area contributed by atoms with Crippen molar-refractivity contribution in [2.24, 2.45) is 0 Å². The summed E-state index contributed by atoms with van der Waals surface area (Å²) in [5.74, 6) is 0.0116. The molecule has 0 aromatic carbocycles. The van der Waals surface area contributed by atoms with E-state index in [-0.39, 0.29) is 17.6 Å². The molecular weight excluding hydrogens is 236 g/mol. The third-order valence-electron chi connectivity index (χ3n) is 2.69. The minimum Gasteiger partial charge on any atom is -0.369 e. The summed E-state index contributed by atoms with van der Waals surface area (Å²) < 4.78 is 5.78. The fourth-order valence-corrected chi connectivity index (χ4v) is 2.82. The van der Waals surface area contributed by atoms with Crippen LogP contribution in [0, 0.1) is 6.92 Å². The Morgan fingerprint density at radius 1 is 1.65 bits per heavy atom. The normalized spacial score (nSPS) is 23.8. The molecule has 94 valence electrons. The van der Waals surface area contributed by atoms with Crippen molar-refractivity contribution < 1.29 is 9.53 Å². The maximum absolute atomic E-state index is 12.3. The van der Waals surface area contributed by atoms with Gasteiger partial charge in [0.15, 0.2) is 0 Å². The standard InChI is InChI=1S/C12H18N2O2S/c1-8-5-14(7-12(3,4)16-8)11(15)10-6-17-9(2)13-10/h6,8H,5,7H2,1-4H3. The van der Waals surface area contributed by atoms with Crippen molar-refractivity contribution >= 4 is 17.2 Å². The molecule has 0 aliphatic carbocycles. The van der Waals surface area contributed by atoms with E-state index in [1.54, 1.807) is 0 Å². The average Bonchev–Trinajstić information content (AvgIpc) is 2.60. The quantitative estimate of drug-likeness (QED) is 0.770. The lowest BCUT2D eigenvalue weighted by atomic mass is 10.1. The van der Waals surface area contributed by atoms with E-state index in [0.29, 0.717) is 18.8 Å². The minimum atomic E-state index is -0.279. The van der Waals surface area contributed by atoms with Crippen LogP contribution in [0.1, 0.15) is 36.3 Å². The van der Waals surface area contributed by atoms with Gasteiger partial charge in [0.25, 0.3) is 5.91 Å². The van der Waals surface area contributed by atoms with Crippen molar-refractivity contribution in [1.82, 2.24) is 9.88 Å². The zero-order valence-electron chi connectivity index (χ0n) is 10.7. The monoisotopic (exact) mass is 254 g/mol. The number of carbonyl (C=O) groups is 1. The molecule has 0 N–H and O–H groups in total. The summed E-state index contributed by atoms with van der Waals surface area (Å²) >= 11 is 1.51. The number of amides is 1. The second-order valence-electron chi connectivity index (χ2n) is 5.13. The first-order chi connectivity index (χ1) is 7.87. The molecule has 5 heteroatoms. The van der Waals surface area contributed by atoms with Crippen LogP contribution in [-0.4, -0.2) is 40.6 Å². The molecule has 1 fully saturated rings. The summed E-state index contributed by atoms with van der Waals surface area (Å²) in [6.45, 7) is 9.18. The van der Waals surface area contributed by atoms with Gasteiger partial charge >= 0.3 is 0 Å². The molecule has 1 unspecified atom stereocenters. The van der Waals surface area contributed by atoms with Gasteiger partial charge in [0.05, 0.1) is 16.7 Å². The van der Waals surface area contributed by atoms with E-state index in [0.717, 1.165) is 5.01 Å². The number of rotatable bonds is 1. The summed E-state index contributed by atoms with van der Waals surface area (Å²) in [6.07, 6.45) is 0.0717. The number of hydrogen-bond acceptors (Lipinski definition) is 4. The van der Waals surface area contributed by atoms with E-state index >= 15 is 0 Å². The Kier molecular flexibility index (Phi) is 3.23. The number of aryl methyl sites for hydroxylation is 1. The third kappa shape index (κ3) is 2.84. The van der Waals surface area contributed by atoms with Gasteiger partial charge in [-0.15, -0.1) is 11.3 Å². The van der Waals surface area contributed by atoms with Crippen LogP contribution in [0.15, 0.2) is 5.38 Å². The van der Waals surface area contributed by atoms with Crippen LogP contribution in [-0.2, 0) is 4.74 Å². The van der Waals surface area contributed by atoms with Gasteiger partial charge in [0, 0.05) is 18.5 Å². The summed E-state index contributed by atoms with van der Waals surface area (Å²) in [5, 5.41) is 2.75. The molecule has 0 saturated carbocycles. The smallest absolute Gasteiger partial charge is 0.273 e. The lowest BCUT2D eigenvalue weighted by Crippen LogP contribution is -2.53. The zero-order valence-corrected chi connectivity index (χ0v) is 11.5. The van der Waals surface area contributed by atoms with Gasteiger partial charge in [0.2, 0.25) is 0 Å². The van der Waals surface area contributed by atoms with E-state index in [2.05, 4.69) is 4.98 Å².